The van der Waals surface area contributed by atoms with Crippen molar-refractivity contribution < 1.29 is 4.74 Å². The first-order valence-electron chi connectivity index (χ1n) is 7.27. The average molecular weight is 262 g/mol. The second-order valence-corrected chi connectivity index (χ2v) is 5.68. The second kappa shape index (κ2) is 5.93. The van der Waals surface area contributed by atoms with E-state index in [2.05, 4.69) is 30.9 Å². The highest BCUT2D eigenvalue weighted by Crippen LogP contribution is 2.31. The predicted molar refractivity (Wildman–Crippen MR) is 79.4 cm³/mol. The van der Waals surface area contributed by atoms with E-state index in [1.165, 1.54) is 25.9 Å². The number of nitrogens with zero attached hydrogens (tertiary/aromatic N) is 1. The van der Waals surface area contributed by atoms with E-state index >= 15 is 0 Å². The lowest BCUT2D eigenvalue weighted by Crippen LogP contribution is -2.53. The maximum Gasteiger partial charge on any atom is 0.119 e. The molecule has 1 aromatic rings. The normalized spacial score (nSPS) is 21.1. The minimum Gasteiger partial charge on any atom is -0.497 e. The zero-order valence-electron chi connectivity index (χ0n) is 12.4. The number of methoxy groups -OCH3 is 1. The summed E-state index contributed by atoms with van der Waals surface area (Å²) in [5, 5.41) is 0. The van der Waals surface area contributed by atoms with Gasteiger partial charge in [-0.05, 0) is 57.0 Å². The largest absolute Gasteiger partial charge is 0.497 e. The van der Waals surface area contributed by atoms with Crippen molar-refractivity contribution in [2.24, 2.45) is 5.73 Å². The standard InChI is InChI=1S/C16H26N2O/c1-4-15(18-10-5-6-11-18)16(2,17)13-8-7-9-14(12-13)19-3/h7-9,12,15H,4-6,10-11,17H2,1-3H3. The van der Waals surface area contributed by atoms with Gasteiger partial charge in [0.1, 0.15) is 5.75 Å². The fourth-order valence-corrected chi connectivity index (χ4v) is 3.27. The Hall–Kier alpha value is -1.06. The Balaban J connectivity index is 2.27. The fourth-order valence-electron chi connectivity index (χ4n) is 3.27. The molecule has 106 valence electrons. The molecule has 2 unspecified atom stereocenters. The van der Waals surface area contributed by atoms with Gasteiger partial charge in [-0.2, -0.15) is 0 Å². The number of nitrogens with two attached hydrogens (primary N) is 1. The molecule has 1 saturated heterocycles. The lowest BCUT2D eigenvalue weighted by atomic mass is 9.83. The molecule has 0 aliphatic carbocycles. The summed E-state index contributed by atoms with van der Waals surface area (Å²) in [6.45, 7) is 6.73. The first-order chi connectivity index (χ1) is 9.09. The van der Waals surface area contributed by atoms with E-state index in [0.29, 0.717) is 6.04 Å². The van der Waals surface area contributed by atoms with Crippen LogP contribution in [0.4, 0.5) is 0 Å². The Morgan fingerprint density at radius 1 is 1.37 bits per heavy atom. The van der Waals surface area contributed by atoms with Crippen LogP contribution >= 0.6 is 0 Å². The van der Waals surface area contributed by atoms with Crippen LogP contribution in [0.5, 0.6) is 5.75 Å². The van der Waals surface area contributed by atoms with Gasteiger partial charge in [0.15, 0.2) is 0 Å². The third kappa shape index (κ3) is 2.93. The molecule has 0 bridgehead atoms. The Morgan fingerprint density at radius 3 is 2.63 bits per heavy atom. The van der Waals surface area contributed by atoms with Crippen molar-refractivity contribution in [2.75, 3.05) is 20.2 Å². The maximum absolute atomic E-state index is 6.70. The summed E-state index contributed by atoms with van der Waals surface area (Å²) in [4.78, 5) is 2.54. The van der Waals surface area contributed by atoms with Gasteiger partial charge in [-0.25, -0.2) is 0 Å². The fraction of sp³-hybridized carbons (Fsp3) is 0.625. The molecule has 2 N–H and O–H groups in total. The van der Waals surface area contributed by atoms with Crippen LogP contribution in [-0.4, -0.2) is 31.1 Å². The molecule has 2 rings (SSSR count). The molecule has 0 aromatic heterocycles. The van der Waals surface area contributed by atoms with Gasteiger partial charge in [-0.1, -0.05) is 19.1 Å². The SMILES string of the molecule is CCC(N1CCCC1)C(C)(N)c1cccc(OC)c1. The van der Waals surface area contributed by atoms with Crippen molar-refractivity contribution in [1.29, 1.82) is 0 Å². The van der Waals surface area contributed by atoms with E-state index in [1.54, 1.807) is 7.11 Å². The van der Waals surface area contributed by atoms with E-state index in [4.69, 9.17) is 10.5 Å². The van der Waals surface area contributed by atoms with Crippen molar-refractivity contribution >= 4 is 0 Å². The Labute approximate surface area is 116 Å². The van der Waals surface area contributed by atoms with Crippen LogP contribution in [0.3, 0.4) is 0 Å². The molecule has 1 fully saturated rings. The van der Waals surface area contributed by atoms with Crippen molar-refractivity contribution in [2.45, 2.75) is 44.7 Å². The van der Waals surface area contributed by atoms with E-state index < -0.39 is 0 Å². The van der Waals surface area contributed by atoms with Gasteiger partial charge in [0, 0.05) is 6.04 Å². The summed E-state index contributed by atoms with van der Waals surface area (Å²) in [5.74, 6) is 0.880. The Morgan fingerprint density at radius 2 is 2.05 bits per heavy atom. The zero-order valence-corrected chi connectivity index (χ0v) is 12.4. The van der Waals surface area contributed by atoms with Crippen LogP contribution < -0.4 is 10.5 Å². The van der Waals surface area contributed by atoms with E-state index in [-0.39, 0.29) is 5.54 Å². The van der Waals surface area contributed by atoms with E-state index in [1.807, 2.05) is 12.1 Å². The first kappa shape index (κ1) is 14.4. The smallest absolute Gasteiger partial charge is 0.119 e. The second-order valence-electron chi connectivity index (χ2n) is 5.68. The van der Waals surface area contributed by atoms with Gasteiger partial charge >= 0.3 is 0 Å². The van der Waals surface area contributed by atoms with Gasteiger partial charge in [0.25, 0.3) is 0 Å². The number of hydrogen-bond acceptors (Lipinski definition) is 3. The highest BCUT2D eigenvalue weighted by atomic mass is 16.5. The summed E-state index contributed by atoms with van der Waals surface area (Å²) >= 11 is 0. The van der Waals surface area contributed by atoms with Gasteiger partial charge in [-0.15, -0.1) is 0 Å². The summed E-state index contributed by atoms with van der Waals surface area (Å²) in [5.41, 5.74) is 7.52. The van der Waals surface area contributed by atoms with Crippen LogP contribution in [0, 0.1) is 0 Å². The molecule has 2 atom stereocenters. The predicted octanol–water partition coefficient (Wildman–Crippen LogP) is 2.74. The zero-order chi connectivity index (χ0) is 13.9. The number of rotatable bonds is 5. The van der Waals surface area contributed by atoms with Crippen LogP contribution in [0.1, 0.15) is 38.7 Å². The molecule has 0 radical (unpaired) electrons. The third-order valence-corrected chi connectivity index (χ3v) is 4.35. The minimum atomic E-state index is -0.340. The van der Waals surface area contributed by atoms with Crippen LogP contribution in [0.25, 0.3) is 0 Å². The molecule has 3 heteroatoms. The molecular weight excluding hydrogens is 236 g/mol. The highest BCUT2D eigenvalue weighted by Gasteiger charge is 2.36. The number of hydrogen-bond donors (Lipinski definition) is 1. The molecule has 3 nitrogen and oxygen atoms in total. The third-order valence-electron chi connectivity index (χ3n) is 4.35. The van der Waals surface area contributed by atoms with Crippen LogP contribution in [0.15, 0.2) is 24.3 Å². The summed E-state index contributed by atoms with van der Waals surface area (Å²) in [6, 6.07) is 8.56. The minimum absolute atomic E-state index is 0.340. The average Bonchev–Trinajstić information content (AvgIpc) is 2.93. The topological polar surface area (TPSA) is 38.5 Å². The molecule has 1 heterocycles. The van der Waals surface area contributed by atoms with Gasteiger partial charge in [-0.3, -0.25) is 4.90 Å². The van der Waals surface area contributed by atoms with Gasteiger partial charge in [0.2, 0.25) is 0 Å². The quantitative estimate of drug-likeness (QED) is 0.886. The van der Waals surface area contributed by atoms with Crippen molar-refractivity contribution in [3.05, 3.63) is 29.8 Å². The summed E-state index contributed by atoms with van der Waals surface area (Å²) in [6.07, 6.45) is 3.67. The molecule has 0 spiro atoms. The Bertz CT molecular complexity index is 411. The molecular formula is C16H26N2O. The molecule has 1 aliphatic rings. The number of likely N-dealkylation sites (tertiary alicyclic amines) is 1. The van der Waals surface area contributed by atoms with Crippen LogP contribution in [-0.2, 0) is 5.54 Å². The van der Waals surface area contributed by atoms with E-state index in [0.717, 1.165) is 17.7 Å². The summed E-state index contributed by atoms with van der Waals surface area (Å²) in [7, 11) is 1.70. The molecule has 1 aromatic carbocycles. The summed E-state index contributed by atoms with van der Waals surface area (Å²) < 4.78 is 5.32. The van der Waals surface area contributed by atoms with Crippen molar-refractivity contribution in [3.63, 3.8) is 0 Å². The molecule has 0 amide bonds. The lowest BCUT2D eigenvalue weighted by Gasteiger charge is -2.40. The maximum atomic E-state index is 6.70. The Kier molecular flexibility index (Phi) is 4.48. The molecule has 1 aliphatic heterocycles. The van der Waals surface area contributed by atoms with Gasteiger partial charge in [0.05, 0.1) is 12.6 Å². The lowest BCUT2D eigenvalue weighted by molar-refractivity contribution is 0.151. The van der Waals surface area contributed by atoms with E-state index in [9.17, 15) is 0 Å². The first-order valence-corrected chi connectivity index (χ1v) is 7.27. The van der Waals surface area contributed by atoms with Crippen molar-refractivity contribution in [1.82, 2.24) is 4.90 Å². The monoisotopic (exact) mass is 262 g/mol. The van der Waals surface area contributed by atoms with Crippen molar-refractivity contribution in [3.8, 4) is 5.75 Å². The highest BCUT2D eigenvalue weighted by molar-refractivity contribution is 5.34. The van der Waals surface area contributed by atoms with Crippen LogP contribution in [0.2, 0.25) is 0 Å². The number of benzene rings is 1. The number of ether oxygens (including phenoxy) is 1. The molecule has 19 heavy (non-hydrogen) atoms. The van der Waals surface area contributed by atoms with Gasteiger partial charge < -0.3 is 10.5 Å². The molecule has 0 saturated carbocycles.